The van der Waals surface area contributed by atoms with Crippen molar-refractivity contribution in [2.24, 2.45) is 5.92 Å². The molecule has 0 aliphatic rings. The zero-order valence-electron chi connectivity index (χ0n) is 11.4. The number of hydrogen-bond acceptors (Lipinski definition) is 3. The first-order valence-corrected chi connectivity index (χ1v) is 6.60. The summed E-state index contributed by atoms with van der Waals surface area (Å²) in [6.07, 6.45) is 3.11. The van der Waals surface area contributed by atoms with Gasteiger partial charge in [0, 0.05) is 34.8 Å². The standard InChI is InChI=1S/C14H20ClNO2/c1-9-8-16-13(10(2)14(9)18-4)7-12(5-6-15)11(3)17/h8,12H,5-7H2,1-4H3. The van der Waals surface area contributed by atoms with Crippen molar-refractivity contribution in [2.45, 2.75) is 33.6 Å². The molecule has 0 fully saturated rings. The van der Waals surface area contributed by atoms with Crippen molar-refractivity contribution in [3.63, 3.8) is 0 Å². The maximum absolute atomic E-state index is 11.6. The van der Waals surface area contributed by atoms with Crippen molar-refractivity contribution < 1.29 is 9.53 Å². The number of rotatable bonds is 6. The molecule has 1 rings (SSSR count). The maximum atomic E-state index is 11.6. The molecule has 1 aromatic rings. The van der Waals surface area contributed by atoms with Gasteiger partial charge >= 0.3 is 0 Å². The number of nitrogens with zero attached hydrogens (tertiary/aromatic N) is 1. The Hall–Kier alpha value is -1.09. The Morgan fingerprint density at radius 2 is 2.17 bits per heavy atom. The number of carbonyl (C=O) groups excluding carboxylic acids is 1. The number of pyridine rings is 1. The van der Waals surface area contributed by atoms with E-state index >= 15 is 0 Å². The van der Waals surface area contributed by atoms with Crippen LogP contribution in [0.5, 0.6) is 5.75 Å². The van der Waals surface area contributed by atoms with Crippen molar-refractivity contribution in [2.75, 3.05) is 13.0 Å². The van der Waals surface area contributed by atoms with Crippen LogP contribution in [0, 0.1) is 19.8 Å². The molecule has 0 saturated heterocycles. The molecule has 0 aliphatic carbocycles. The lowest BCUT2D eigenvalue weighted by molar-refractivity contribution is -0.120. The summed E-state index contributed by atoms with van der Waals surface area (Å²) in [7, 11) is 1.65. The summed E-state index contributed by atoms with van der Waals surface area (Å²) in [4.78, 5) is 16.0. The van der Waals surface area contributed by atoms with E-state index in [1.165, 1.54) is 0 Å². The van der Waals surface area contributed by atoms with Gasteiger partial charge in [-0.1, -0.05) is 0 Å². The van der Waals surface area contributed by atoms with Gasteiger partial charge in [-0.15, -0.1) is 11.6 Å². The lowest BCUT2D eigenvalue weighted by Gasteiger charge is -2.16. The number of carbonyl (C=O) groups is 1. The molecule has 100 valence electrons. The summed E-state index contributed by atoms with van der Waals surface area (Å²) >= 11 is 5.73. The van der Waals surface area contributed by atoms with Crippen LogP contribution in [-0.2, 0) is 11.2 Å². The monoisotopic (exact) mass is 269 g/mol. The van der Waals surface area contributed by atoms with E-state index in [0.717, 1.165) is 22.6 Å². The van der Waals surface area contributed by atoms with E-state index in [9.17, 15) is 4.79 Å². The van der Waals surface area contributed by atoms with Gasteiger partial charge in [-0.3, -0.25) is 9.78 Å². The smallest absolute Gasteiger partial charge is 0.133 e. The first-order chi connectivity index (χ1) is 8.51. The van der Waals surface area contributed by atoms with Gasteiger partial charge in [0.25, 0.3) is 0 Å². The third-order valence-electron chi connectivity index (χ3n) is 3.22. The predicted molar refractivity (Wildman–Crippen MR) is 73.5 cm³/mol. The minimum absolute atomic E-state index is 0.0545. The molecule has 1 unspecified atom stereocenters. The molecule has 4 heteroatoms. The lowest BCUT2D eigenvalue weighted by Crippen LogP contribution is -2.16. The van der Waals surface area contributed by atoms with Gasteiger partial charge in [0.1, 0.15) is 11.5 Å². The molecule has 0 aromatic carbocycles. The Labute approximate surface area is 114 Å². The second-order valence-corrected chi connectivity index (χ2v) is 4.91. The summed E-state index contributed by atoms with van der Waals surface area (Å²) in [5.41, 5.74) is 2.94. The van der Waals surface area contributed by atoms with Gasteiger partial charge < -0.3 is 4.74 Å². The fourth-order valence-corrected chi connectivity index (χ4v) is 2.35. The van der Waals surface area contributed by atoms with Crippen molar-refractivity contribution in [1.82, 2.24) is 4.98 Å². The number of hydrogen-bond donors (Lipinski definition) is 0. The SMILES string of the molecule is COc1c(C)cnc(CC(CCCl)C(C)=O)c1C. The van der Waals surface area contributed by atoms with Crippen LogP contribution in [0.3, 0.4) is 0 Å². The number of aromatic nitrogens is 1. The quantitative estimate of drug-likeness (QED) is 0.745. The molecule has 18 heavy (non-hydrogen) atoms. The van der Waals surface area contributed by atoms with Crippen LogP contribution in [0.1, 0.15) is 30.2 Å². The first kappa shape index (κ1) is 15.0. The molecule has 0 radical (unpaired) electrons. The van der Waals surface area contributed by atoms with Gasteiger partial charge in [-0.25, -0.2) is 0 Å². The average molecular weight is 270 g/mol. The second-order valence-electron chi connectivity index (χ2n) is 4.54. The van der Waals surface area contributed by atoms with Crippen LogP contribution < -0.4 is 4.74 Å². The highest BCUT2D eigenvalue weighted by Gasteiger charge is 2.18. The van der Waals surface area contributed by atoms with E-state index in [4.69, 9.17) is 16.3 Å². The number of alkyl halides is 1. The van der Waals surface area contributed by atoms with Crippen molar-refractivity contribution >= 4 is 17.4 Å². The third-order valence-corrected chi connectivity index (χ3v) is 3.44. The highest BCUT2D eigenvalue weighted by atomic mass is 35.5. The van der Waals surface area contributed by atoms with Crippen LogP contribution in [0.15, 0.2) is 6.20 Å². The highest BCUT2D eigenvalue weighted by Crippen LogP contribution is 2.26. The Kier molecular flexibility index (Phi) is 5.60. The third kappa shape index (κ3) is 3.45. The molecule has 0 saturated carbocycles. The predicted octanol–water partition coefficient (Wildman–Crippen LogP) is 3.08. The fraction of sp³-hybridized carbons (Fsp3) is 0.571. The summed E-state index contributed by atoms with van der Waals surface area (Å²) < 4.78 is 5.37. The van der Waals surface area contributed by atoms with E-state index in [1.54, 1.807) is 20.2 Å². The van der Waals surface area contributed by atoms with E-state index in [2.05, 4.69) is 4.98 Å². The van der Waals surface area contributed by atoms with E-state index < -0.39 is 0 Å². The number of ketones is 1. The van der Waals surface area contributed by atoms with Crippen LogP contribution in [0.25, 0.3) is 0 Å². The van der Waals surface area contributed by atoms with Gasteiger partial charge in [0.05, 0.1) is 7.11 Å². The topological polar surface area (TPSA) is 39.2 Å². The molecule has 0 N–H and O–H groups in total. The molecule has 0 aliphatic heterocycles. The molecule has 0 spiro atoms. The normalized spacial score (nSPS) is 12.3. The van der Waals surface area contributed by atoms with Crippen LogP contribution >= 0.6 is 11.6 Å². The molecular weight excluding hydrogens is 250 g/mol. The first-order valence-electron chi connectivity index (χ1n) is 6.06. The Balaban J connectivity index is 2.99. The van der Waals surface area contributed by atoms with Gasteiger partial charge in [-0.05, 0) is 33.6 Å². The van der Waals surface area contributed by atoms with Crippen molar-refractivity contribution in [3.8, 4) is 5.75 Å². The number of aryl methyl sites for hydroxylation is 1. The number of Topliss-reactive ketones (excluding diaryl/α,β-unsaturated/α-hetero) is 1. The average Bonchev–Trinajstić information content (AvgIpc) is 2.32. The van der Waals surface area contributed by atoms with Crippen LogP contribution in [0.2, 0.25) is 0 Å². The molecule has 1 atom stereocenters. The molecule has 3 nitrogen and oxygen atoms in total. The zero-order valence-corrected chi connectivity index (χ0v) is 12.2. The second kappa shape index (κ2) is 6.74. The summed E-state index contributed by atoms with van der Waals surface area (Å²) in [6.45, 7) is 5.55. The van der Waals surface area contributed by atoms with E-state index in [0.29, 0.717) is 18.7 Å². The van der Waals surface area contributed by atoms with E-state index in [1.807, 2.05) is 13.8 Å². The maximum Gasteiger partial charge on any atom is 0.133 e. The number of methoxy groups -OCH3 is 1. The highest BCUT2D eigenvalue weighted by molar-refractivity contribution is 6.18. The lowest BCUT2D eigenvalue weighted by atomic mass is 9.94. The van der Waals surface area contributed by atoms with Crippen molar-refractivity contribution in [3.05, 3.63) is 23.0 Å². The minimum atomic E-state index is -0.0545. The number of halogens is 1. The van der Waals surface area contributed by atoms with Gasteiger partial charge in [-0.2, -0.15) is 0 Å². The van der Waals surface area contributed by atoms with Crippen LogP contribution in [-0.4, -0.2) is 23.8 Å². The fourth-order valence-electron chi connectivity index (χ4n) is 2.09. The summed E-state index contributed by atoms with van der Waals surface area (Å²) in [5.74, 6) is 1.46. The van der Waals surface area contributed by atoms with E-state index in [-0.39, 0.29) is 11.7 Å². The largest absolute Gasteiger partial charge is 0.496 e. The molecule has 0 amide bonds. The summed E-state index contributed by atoms with van der Waals surface area (Å²) in [5, 5.41) is 0. The molecule has 0 bridgehead atoms. The molecule has 1 heterocycles. The van der Waals surface area contributed by atoms with Crippen molar-refractivity contribution in [1.29, 1.82) is 0 Å². The van der Waals surface area contributed by atoms with Gasteiger partial charge in [0.2, 0.25) is 0 Å². The Morgan fingerprint density at radius 3 is 2.67 bits per heavy atom. The van der Waals surface area contributed by atoms with Gasteiger partial charge in [0.15, 0.2) is 0 Å². The number of ether oxygens (including phenoxy) is 1. The Morgan fingerprint density at radius 1 is 1.50 bits per heavy atom. The summed E-state index contributed by atoms with van der Waals surface area (Å²) in [6, 6.07) is 0. The zero-order chi connectivity index (χ0) is 13.7. The Bertz CT molecular complexity index is 432. The minimum Gasteiger partial charge on any atom is -0.496 e. The molecule has 1 aromatic heterocycles. The molecular formula is C14H20ClNO2. The van der Waals surface area contributed by atoms with Crippen LogP contribution in [0.4, 0.5) is 0 Å².